The number of piperidine rings is 1. The Morgan fingerprint density at radius 1 is 1.25 bits per heavy atom. The van der Waals surface area contributed by atoms with Crippen molar-refractivity contribution in [1.82, 2.24) is 15.1 Å². The lowest BCUT2D eigenvalue weighted by Gasteiger charge is -2.31. The first-order valence-electron chi connectivity index (χ1n) is 8.31. The van der Waals surface area contributed by atoms with Gasteiger partial charge < -0.3 is 15.0 Å². The number of imide groups is 1. The van der Waals surface area contributed by atoms with Gasteiger partial charge in [-0.1, -0.05) is 13.8 Å². The van der Waals surface area contributed by atoms with E-state index in [4.69, 9.17) is 4.74 Å². The van der Waals surface area contributed by atoms with E-state index in [1.807, 2.05) is 13.8 Å². The minimum Gasteiger partial charge on any atom is -0.469 e. The number of urea groups is 1. The average Bonchev–Trinajstić information content (AvgIpc) is 2.81. The number of rotatable bonds is 5. The van der Waals surface area contributed by atoms with Crippen LogP contribution in [-0.4, -0.2) is 66.4 Å². The molecule has 0 aromatic heterocycles. The smallest absolute Gasteiger partial charge is 0.325 e. The fourth-order valence-corrected chi connectivity index (χ4v) is 3.12. The van der Waals surface area contributed by atoms with Gasteiger partial charge in [0.2, 0.25) is 5.91 Å². The summed E-state index contributed by atoms with van der Waals surface area (Å²) in [7, 11) is 1.35. The van der Waals surface area contributed by atoms with Gasteiger partial charge in [-0.15, -0.1) is 0 Å². The summed E-state index contributed by atoms with van der Waals surface area (Å²) >= 11 is 0. The van der Waals surface area contributed by atoms with E-state index in [0.29, 0.717) is 32.4 Å². The fraction of sp³-hybridized carbons (Fsp3) is 0.750. The van der Waals surface area contributed by atoms with Gasteiger partial charge in [-0.2, -0.15) is 0 Å². The van der Waals surface area contributed by atoms with Gasteiger partial charge in [0, 0.05) is 13.1 Å². The van der Waals surface area contributed by atoms with Crippen molar-refractivity contribution in [3.63, 3.8) is 0 Å². The van der Waals surface area contributed by atoms with Crippen LogP contribution in [0.15, 0.2) is 0 Å². The third kappa shape index (κ3) is 4.04. The predicted octanol–water partition coefficient (Wildman–Crippen LogP) is 0.365. The molecular formula is C16H25N3O5. The number of methoxy groups -OCH3 is 1. The first-order valence-corrected chi connectivity index (χ1v) is 8.31. The minimum absolute atomic E-state index is 0.189. The van der Waals surface area contributed by atoms with Crippen molar-refractivity contribution >= 4 is 23.8 Å². The van der Waals surface area contributed by atoms with Crippen LogP contribution in [0.1, 0.15) is 33.1 Å². The van der Waals surface area contributed by atoms with E-state index in [1.165, 1.54) is 7.11 Å². The molecule has 2 rings (SSSR count). The van der Waals surface area contributed by atoms with Gasteiger partial charge in [0.1, 0.15) is 12.6 Å². The molecule has 134 valence electrons. The number of hydrogen-bond donors (Lipinski definition) is 1. The summed E-state index contributed by atoms with van der Waals surface area (Å²) in [5, 5.41) is 2.63. The number of carbonyl (C=O) groups excluding carboxylic acids is 4. The van der Waals surface area contributed by atoms with E-state index in [9.17, 15) is 19.2 Å². The summed E-state index contributed by atoms with van der Waals surface area (Å²) < 4.78 is 4.72. The lowest BCUT2D eigenvalue weighted by molar-refractivity contribution is -0.149. The highest BCUT2D eigenvalue weighted by molar-refractivity contribution is 6.06. The van der Waals surface area contributed by atoms with Crippen LogP contribution in [0.3, 0.4) is 0 Å². The van der Waals surface area contributed by atoms with Crippen LogP contribution in [0.2, 0.25) is 0 Å². The molecule has 0 aromatic rings. The molecular weight excluding hydrogens is 314 g/mol. The highest BCUT2D eigenvalue weighted by atomic mass is 16.5. The molecule has 0 spiro atoms. The Morgan fingerprint density at radius 2 is 1.88 bits per heavy atom. The number of likely N-dealkylation sites (tertiary alicyclic amines) is 1. The van der Waals surface area contributed by atoms with Crippen LogP contribution in [0.5, 0.6) is 0 Å². The summed E-state index contributed by atoms with van der Waals surface area (Å²) in [6.45, 7) is 4.55. The Morgan fingerprint density at radius 3 is 2.42 bits per heavy atom. The van der Waals surface area contributed by atoms with E-state index in [1.54, 1.807) is 4.90 Å². The van der Waals surface area contributed by atoms with Crippen molar-refractivity contribution in [2.45, 2.75) is 39.2 Å². The molecule has 1 atom stereocenters. The molecule has 0 bridgehead atoms. The highest BCUT2D eigenvalue weighted by Crippen LogP contribution is 2.19. The topological polar surface area (TPSA) is 96.0 Å². The van der Waals surface area contributed by atoms with Crippen LogP contribution >= 0.6 is 0 Å². The Labute approximate surface area is 141 Å². The number of ether oxygens (including phenoxy) is 1. The molecule has 2 aliphatic heterocycles. The lowest BCUT2D eigenvalue weighted by Crippen LogP contribution is -2.46. The second-order valence-electron chi connectivity index (χ2n) is 6.73. The molecule has 2 heterocycles. The maximum atomic E-state index is 12.4. The SMILES string of the molecule is COC(=O)C1CCN(C(=O)CN2C(=O)N[C@@H](CC(C)C)C2=O)CC1. The largest absolute Gasteiger partial charge is 0.469 e. The van der Waals surface area contributed by atoms with Gasteiger partial charge in [-0.05, 0) is 25.2 Å². The molecule has 0 radical (unpaired) electrons. The van der Waals surface area contributed by atoms with Crippen molar-refractivity contribution in [3.05, 3.63) is 0 Å². The number of hydrogen-bond acceptors (Lipinski definition) is 5. The highest BCUT2D eigenvalue weighted by Gasteiger charge is 2.40. The fourth-order valence-electron chi connectivity index (χ4n) is 3.12. The molecule has 2 aliphatic rings. The average molecular weight is 339 g/mol. The van der Waals surface area contributed by atoms with E-state index < -0.39 is 12.1 Å². The van der Waals surface area contributed by atoms with E-state index >= 15 is 0 Å². The van der Waals surface area contributed by atoms with Crippen LogP contribution in [0, 0.1) is 11.8 Å². The van der Waals surface area contributed by atoms with Gasteiger partial charge in [0.05, 0.1) is 13.0 Å². The maximum absolute atomic E-state index is 12.4. The third-order valence-electron chi connectivity index (χ3n) is 4.49. The van der Waals surface area contributed by atoms with Crippen LogP contribution in [0.25, 0.3) is 0 Å². The molecule has 8 nitrogen and oxygen atoms in total. The molecule has 0 unspecified atom stereocenters. The first-order chi connectivity index (χ1) is 11.3. The first kappa shape index (κ1) is 18.2. The molecule has 1 N–H and O–H groups in total. The third-order valence-corrected chi connectivity index (χ3v) is 4.49. The molecule has 4 amide bonds. The van der Waals surface area contributed by atoms with Gasteiger partial charge in [0.15, 0.2) is 0 Å². The number of carbonyl (C=O) groups is 4. The van der Waals surface area contributed by atoms with Gasteiger partial charge in [0.25, 0.3) is 5.91 Å². The van der Waals surface area contributed by atoms with E-state index in [0.717, 1.165) is 4.90 Å². The van der Waals surface area contributed by atoms with Crippen LogP contribution in [-0.2, 0) is 19.1 Å². The van der Waals surface area contributed by atoms with Crippen LogP contribution < -0.4 is 5.32 Å². The van der Waals surface area contributed by atoms with Crippen molar-refractivity contribution in [3.8, 4) is 0 Å². The lowest BCUT2D eigenvalue weighted by atomic mass is 9.97. The number of nitrogens with zero attached hydrogens (tertiary/aromatic N) is 2. The maximum Gasteiger partial charge on any atom is 0.325 e. The number of esters is 1. The van der Waals surface area contributed by atoms with Crippen molar-refractivity contribution in [1.29, 1.82) is 0 Å². The zero-order valence-electron chi connectivity index (χ0n) is 14.4. The molecule has 2 fully saturated rings. The molecule has 8 heteroatoms. The predicted molar refractivity (Wildman–Crippen MR) is 84.8 cm³/mol. The molecule has 0 aliphatic carbocycles. The standard InChI is InChI=1S/C16H25N3O5/c1-10(2)8-12-14(21)19(16(23)17-12)9-13(20)18-6-4-11(5-7-18)15(22)24-3/h10-12H,4-9H2,1-3H3,(H,17,23)/t12-/m0/s1. The van der Waals surface area contributed by atoms with Gasteiger partial charge in [-0.3, -0.25) is 19.3 Å². The normalized spacial score (nSPS) is 22.1. The minimum atomic E-state index is -0.546. The van der Waals surface area contributed by atoms with Gasteiger partial charge >= 0.3 is 12.0 Å². The summed E-state index contributed by atoms with van der Waals surface area (Å²) in [5.74, 6) is -0.787. The Bertz CT molecular complexity index is 526. The Hall–Kier alpha value is -2.12. The molecule has 0 aromatic carbocycles. The quantitative estimate of drug-likeness (QED) is 0.576. The number of nitrogens with one attached hydrogen (secondary N) is 1. The summed E-state index contributed by atoms with van der Waals surface area (Å²) in [6.07, 6.45) is 1.63. The summed E-state index contributed by atoms with van der Waals surface area (Å²) in [4.78, 5) is 50.6. The second-order valence-corrected chi connectivity index (χ2v) is 6.73. The molecule has 24 heavy (non-hydrogen) atoms. The zero-order chi connectivity index (χ0) is 17.9. The molecule has 0 saturated carbocycles. The van der Waals surface area contributed by atoms with Crippen molar-refractivity contribution < 1.29 is 23.9 Å². The zero-order valence-corrected chi connectivity index (χ0v) is 14.4. The van der Waals surface area contributed by atoms with Crippen molar-refractivity contribution in [2.75, 3.05) is 26.7 Å². The summed E-state index contributed by atoms with van der Waals surface area (Å²) in [6, 6.07) is -1.06. The number of amides is 4. The summed E-state index contributed by atoms with van der Waals surface area (Å²) in [5.41, 5.74) is 0. The Balaban J connectivity index is 1.88. The van der Waals surface area contributed by atoms with E-state index in [-0.39, 0.29) is 36.2 Å². The second kappa shape index (κ2) is 7.63. The monoisotopic (exact) mass is 339 g/mol. The van der Waals surface area contributed by atoms with Crippen LogP contribution in [0.4, 0.5) is 4.79 Å². The molecule has 2 saturated heterocycles. The van der Waals surface area contributed by atoms with E-state index in [2.05, 4.69) is 5.32 Å². The van der Waals surface area contributed by atoms with Crippen molar-refractivity contribution in [2.24, 2.45) is 11.8 Å². The van der Waals surface area contributed by atoms with Gasteiger partial charge in [-0.25, -0.2) is 4.79 Å². The Kier molecular flexibility index (Phi) is 5.80.